The Bertz CT molecular complexity index is 2190. The number of rotatable bonds is 9. The monoisotopic (exact) mass is 637 g/mol. The van der Waals surface area contributed by atoms with E-state index >= 15 is 4.39 Å². The standard InChI is InChI=1S/C33H28FN7O4S/c1-20-14-16-36-33(39-20)45-24-12-13-27(26(34)18-24)41-30(21(2)29-31(41)32(35)38-19-37-29)22-8-10-23(11-9-22)40-28(42)15-17-46(43,44)25-6-4-3-5-7-25/h3-14,16,18-19H,15,17H2,1-2H3,(H,40,42)(H2,35,37,38). The number of hydrogen-bond acceptors (Lipinski definition) is 9. The molecule has 0 saturated carbocycles. The molecule has 3 heterocycles. The van der Waals surface area contributed by atoms with Gasteiger partial charge in [-0.2, -0.15) is 0 Å². The number of hydrogen-bond donors (Lipinski definition) is 2. The molecule has 0 aliphatic carbocycles. The number of aromatic nitrogens is 5. The molecule has 0 radical (unpaired) electrons. The number of nitrogen functional groups attached to an aromatic ring is 1. The zero-order valence-electron chi connectivity index (χ0n) is 24.8. The van der Waals surface area contributed by atoms with E-state index in [4.69, 9.17) is 10.5 Å². The molecule has 3 N–H and O–H groups in total. The first-order chi connectivity index (χ1) is 22.1. The molecule has 3 aromatic carbocycles. The van der Waals surface area contributed by atoms with Crippen LogP contribution in [0.3, 0.4) is 0 Å². The van der Waals surface area contributed by atoms with E-state index in [0.29, 0.717) is 33.7 Å². The van der Waals surface area contributed by atoms with Gasteiger partial charge in [-0.1, -0.05) is 30.3 Å². The summed E-state index contributed by atoms with van der Waals surface area (Å²) in [5.41, 5.74) is 10.7. The van der Waals surface area contributed by atoms with Crippen LogP contribution in [-0.4, -0.2) is 44.6 Å². The summed E-state index contributed by atoms with van der Waals surface area (Å²) in [5.74, 6) is -0.984. The van der Waals surface area contributed by atoms with Crippen LogP contribution in [0.5, 0.6) is 11.8 Å². The van der Waals surface area contributed by atoms with Gasteiger partial charge in [-0.25, -0.2) is 32.7 Å². The summed E-state index contributed by atoms with van der Waals surface area (Å²) in [5, 5.41) is 2.74. The molecule has 6 aromatic rings. The predicted molar refractivity (Wildman–Crippen MR) is 172 cm³/mol. The fraction of sp³-hybridized carbons (Fsp3) is 0.121. The van der Waals surface area contributed by atoms with Crippen LogP contribution < -0.4 is 15.8 Å². The molecule has 13 heteroatoms. The van der Waals surface area contributed by atoms with E-state index < -0.39 is 21.6 Å². The van der Waals surface area contributed by atoms with E-state index in [0.717, 1.165) is 5.56 Å². The van der Waals surface area contributed by atoms with Crippen molar-refractivity contribution in [2.75, 3.05) is 16.8 Å². The van der Waals surface area contributed by atoms with Crippen molar-refractivity contribution in [2.24, 2.45) is 0 Å². The summed E-state index contributed by atoms with van der Waals surface area (Å²) in [7, 11) is -3.60. The summed E-state index contributed by atoms with van der Waals surface area (Å²) >= 11 is 0. The quantitative estimate of drug-likeness (QED) is 0.200. The summed E-state index contributed by atoms with van der Waals surface area (Å²) in [6, 6.07) is 21.1. The molecule has 0 unspecified atom stereocenters. The molecule has 0 spiro atoms. The topological polar surface area (TPSA) is 155 Å². The number of amides is 1. The molecule has 232 valence electrons. The molecule has 46 heavy (non-hydrogen) atoms. The van der Waals surface area contributed by atoms with E-state index in [9.17, 15) is 13.2 Å². The third-order valence-electron chi connectivity index (χ3n) is 7.29. The maximum absolute atomic E-state index is 15.8. The Morgan fingerprint density at radius 2 is 1.74 bits per heavy atom. The fourth-order valence-electron chi connectivity index (χ4n) is 5.09. The van der Waals surface area contributed by atoms with Gasteiger partial charge in [-0.15, -0.1) is 0 Å². The molecule has 1 amide bonds. The average Bonchev–Trinajstić information content (AvgIpc) is 3.34. The van der Waals surface area contributed by atoms with Crippen LogP contribution in [-0.2, 0) is 14.6 Å². The third-order valence-corrected chi connectivity index (χ3v) is 9.02. The lowest BCUT2D eigenvalue weighted by atomic mass is 10.1. The Kier molecular flexibility index (Phi) is 8.16. The lowest BCUT2D eigenvalue weighted by molar-refractivity contribution is -0.115. The molecule has 3 aromatic heterocycles. The summed E-state index contributed by atoms with van der Waals surface area (Å²) in [4.78, 5) is 29.6. The highest BCUT2D eigenvalue weighted by molar-refractivity contribution is 7.91. The number of nitrogens with one attached hydrogen (secondary N) is 1. The first kappa shape index (κ1) is 30.3. The fourth-order valence-corrected chi connectivity index (χ4v) is 6.35. The minimum atomic E-state index is -3.60. The summed E-state index contributed by atoms with van der Waals surface area (Å²) < 4.78 is 48.3. The molecule has 0 fully saturated rings. The van der Waals surface area contributed by atoms with Gasteiger partial charge < -0.3 is 20.4 Å². The number of carbonyl (C=O) groups is 1. The van der Waals surface area contributed by atoms with Crippen molar-refractivity contribution in [1.82, 2.24) is 24.5 Å². The maximum Gasteiger partial charge on any atom is 0.322 e. The van der Waals surface area contributed by atoms with E-state index in [2.05, 4.69) is 25.3 Å². The number of fused-ring (bicyclic) bond motifs is 1. The highest BCUT2D eigenvalue weighted by atomic mass is 32.2. The third kappa shape index (κ3) is 6.13. The van der Waals surface area contributed by atoms with Gasteiger partial charge in [0, 0.05) is 35.6 Å². The first-order valence-corrected chi connectivity index (χ1v) is 15.8. The Morgan fingerprint density at radius 3 is 2.46 bits per heavy atom. The zero-order chi connectivity index (χ0) is 32.4. The van der Waals surface area contributed by atoms with Gasteiger partial charge in [0.05, 0.1) is 27.5 Å². The van der Waals surface area contributed by atoms with Gasteiger partial charge in [0.2, 0.25) is 5.91 Å². The van der Waals surface area contributed by atoms with Crippen molar-refractivity contribution >= 4 is 38.3 Å². The molecule has 0 aliphatic rings. The second-order valence-corrected chi connectivity index (χ2v) is 12.6. The number of aryl methyl sites for hydroxylation is 2. The Balaban J connectivity index is 1.29. The lowest BCUT2D eigenvalue weighted by Gasteiger charge is -2.15. The smallest absolute Gasteiger partial charge is 0.322 e. The lowest BCUT2D eigenvalue weighted by Crippen LogP contribution is -2.17. The first-order valence-electron chi connectivity index (χ1n) is 14.2. The molecule has 6 rings (SSSR count). The second kappa shape index (κ2) is 12.4. The van der Waals surface area contributed by atoms with Crippen LogP contribution >= 0.6 is 0 Å². The van der Waals surface area contributed by atoms with E-state index in [1.807, 2.05) is 6.92 Å². The maximum atomic E-state index is 15.8. The van der Waals surface area contributed by atoms with Crippen LogP contribution in [0, 0.1) is 19.7 Å². The molecule has 0 bridgehead atoms. The Labute approximate surface area is 263 Å². The van der Waals surface area contributed by atoms with Crippen LogP contribution in [0.25, 0.3) is 28.0 Å². The predicted octanol–water partition coefficient (Wildman–Crippen LogP) is 5.81. The van der Waals surface area contributed by atoms with Crippen molar-refractivity contribution in [3.05, 3.63) is 108 Å². The normalized spacial score (nSPS) is 11.5. The molecule has 0 saturated heterocycles. The van der Waals surface area contributed by atoms with Gasteiger partial charge in [0.15, 0.2) is 21.5 Å². The summed E-state index contributed by atoms with van der Waals surface area (Å²) in [6.07, 6.45) is 2.70. The average molecular weight is 638 g/mol. The van der Waals surface area contributed by atoms with Gasteiger partial charge >= 0.3 is 6.01 Å². The van der Waals surface area contributed by atoms with Gasteiger partial charge in [-0.3, -0.25) is 4.79 Å². The Hall–Kier alpha value is -5.69. The number of carbonyl (C=O) groups excluding carboxylic acids is 1. The van der Waals surface area contributed by atoms with E-state index in [-0.39, 0.29) is 40.3 Å². The molecular weight excluding hydrogens is 609 g/mol. The van der Waals surface area contributed by atoms with Crippen LogP contribution in [0.2, 0.25) is 0 Å². The van der Waals surface area contributed by atoms with Gasteiger partial charge in [-0.05, 0) is 61.9 Å². The van der Waals surface area contributed by atoms with Crippen LogP contribution in [0.15, 0.2) is 96.3 Å². The minimum absolute atomic E-state index is 0.0951. The zero-order valence-corrected chi connectivity index (χ0v) is 25.6. The summed E-state index contributed by atoms with van der Waals surface area (Å²) in [6.45, 7) is 3.65. The SMILES string of the molecule is Cc1ccnc(Oc2ccc(-n3c(-c4ccc(NC(=O)CCS(=O)(=O)c5ccccc5)cc4)c(C)c4ncnc(N)c43)c(F)c2)n1. The van der Waals surface area contributed by atoms with E-state index in [1.54, 1.807) is 78.4 Å². The molecule has 0 aliphatic heterocycles. The number of sulfone groups is 1. The van der Waals surface area contributed by atoms with Crippen molar-refractivity contribution < 1.29 is 22.3 Å². The number of halogens is 1. The Morgan fingerprint density at radius 1 is 0.978 bits per heavy atom. The second-order valence-electron chi connectivity index (χ2n) is 10.5. The van der Waals surface area contributed by atoms with Crippen molar-refractivity contribution in [1.29, 1.82) is 0 Å². The van der Waals surface area contributed by atoms with Crippen molar-refractivity contribution in [3.63, 3.8) is 0 Å². The number of ether oxygens (including phenoxy) is 1. The number of anilines is 2. The highest BCUT2D eigenvalue weighted by Gasteiger charge is 2.23. The number of benzene rings is 3. The molecule has 11 nitrogen and oxygen atoms in total. The van der Waals surface area contributed by atoms with Crippen LogP contribution in [0.1, 0.15) is 17.7 Å². The number of nitrogens with zero attached hydrogens (tertiary/aromatic N) is 5. The van der Waals surface area contributed by atoms with Crippen molar-refractivity contribution in [3.8, 4) is 28.7 Å². The number of nitrogens with two attached hydrogens (primary N) is 1. The van der Waals surface area contributed by atoms with Gasteiger partial charge in [0.1, 0.15) is 17.6 Å². The largest absolute Gasteiger partial charge is 0.424 e. The highest BCUT2D eigenvalue weighted by Crippen LogP contribution is 2.38. The van der Waals surface area contributed by atoms with Gasteiger partial charge in [0.25, 0.3) is 0 Å². The minimum Gasteiger partial charge on any atom is -0.424 e. The van der Waals surface area contributed by atoms with Crippen LogP contribution in [0.4, 0.5) is 15.9 Å². The van der Waals surface area contributed by atoms with Crippen molar-refractivity contribution in [2.45, 2.75) is 25.2 Å². The molecular formula is C33H28FN7O4S. The van der Waals surface area contributed by atoms with E-state index in [1.165, 1.54) is 24.5 Å². The molecule has 0 atom stereocenters.